The van der Waals surface area contributed by atoms with Crippen molar-refractivity contribution < 1.29 is 33.7 Å². The number of anilines is 2. The summed E-state index contributed by atoms with van der Waals surface area (Å²) in [7, 11) is 0. The number of carbonyl (C=O) groups is 3. The average Bonchev–Trinajstić information content (AvgIpc) is 3.50. The van der Waals surface area contributed by atoms with Crippen LogP contribution in [0.25, 0.3) is 5.65 Å². The number of nitrogens with zero attached hydrogens (tertiary/aromatic N) is 5. The monoisotopic (exact) mass is 537 g/mol. The van der Waals surface area contributed by atoms with Gasteiger partial charge in [0.05, 0.1) is 56.6 Å². The van der Waals surface area contributed by atoms with Gasteiger partial charge < -0.3 is 39.8 Å². The van der Waals surface area contributed by atoms with Gasteiger partial charge in [-0.2, -0.15) is 5.10 Å². The van der Waals surface area contributed by atoms with Gasteiger partial charge in [-0.3, -0.25) is 9.59 Å². The van der Waals surface area contributed by atoms with Crippen LogP contribution in [0.5, 0.6) is 0 Å². The lowest BCUT2D eigenvalue weighted by molar-refractivity contribution is -0.193. The maximum atomic E-state index is 13.4. The number of nitrogens with one attached hydrogen (secondary N) is 2. The van der Waals surface area contributed by atoms with Crippen molar-refractivity contribution in [2.45, 2.75) is 18.9 Å². The van der Waals surface area contributed by atoms with Gasteiger partial charge in [-0.25, -0.2) is 14.3 Å². The highest BCUT2D eigenvalue weighted by Gasteiger charge is 2.34. The van der Waals surface area contributed by atoms with Crippen molar-refractivity contribution in [2.75, 3.05) is 56.3 Å². The second kappa shape index (κ2) is 10.5. The summed E-state index contributed by atoms with van der Waals surface area (Å²) in [6.07, 6.45) is 2.98. The minimum absolute atomic E-state index is 0.154. The third-order valence-electron chi connectivity index (χ3n) is 6.89. The number of carbonyl (C=O) groups excluding carboxylic acids is 2. The van der Waals surface area contributed by atoms with Gasteiger partial charge in [-0.1, -0.05) is 0 Å². The van der Waals surface area contributed by atoms with E-state index in [2.05, 4.69) is 25.6 Å². The minimum Gasteiger partial charge on any atom is -0.465 e. The Balaban J connectivity index is 1.22. The molecule has 5 heterocycles. The largest absolute Gasteiger partial charge is 0.465 e. The molecule has 3 aliphatic heterocycles. The Morgan fingerprint density at radius 1 is 1.15 bits per heavy atom. The van der Waals surface area contributed by atoms with Crippen LogP contribution in [-0.4, -0.2) is 101 Å². The van der Waals surface area contributed by atoms with Gasteiger partial charge >= 0.3 is 6.09 Å². The molecule has 3 aromatic rings. The Kier molecular flexibility index (Phi) is 6.72. The van der Waals surface area contributed by atoms with Crippen LogP contribution in [0.2, 0.25) is 0 Å². The standard InChI is InChI=1S/C25H27N7O7/c33-23(18-10-27-32-3-1-2-26-22(18)32)29-19-8-15-11-31(12-21-38-13-16(14-39-21)28-25(35)36)24(34)17(15)9-20(19)30-4-6-37-7-5-30/h1-3,8-10,16,21,28H,4-7,11-14H2,(H,29,33)(H,35,36). The molecule has 2 saturated heterocycles. The summed E-state index contributed by atoms with van der Waals surface area (Å²) in [6, 6.07) is 4.93. The molecule has 0 spiro atoms. The number of ether oxygens (including phenoxy) is 3. The molecule has 6 rings (SSSR count). The fourth-order valence-corrected chi connectivity index (χ4v) is 4.99. The third-order valence-corrected chi connectivity index (χ3v) is 6.89. The first-order valence-electron chi connectivity index (χ1n) is 12.6. The SMILES string of the molecule is O=C(O)NC1COC(CN2Cc3cc(NC(=O)c4cnn5cccnc45)c(N4CCOCC4)cc3C2=O)OC1. The summed E-state index contributed by atoms with van der Waals surface area (Å²) in [5, 5.41) is 18.4. The Hall–Kier alpha value is -4.27. The molecule has 1 aromatic carbocycles. The van der Waals surface area contributed by atoms with Gasteiger partial charge in [0.15, 0.2) is 11.9 Å². The fourth-order valence-electron chi connectivity index (χ4n) is 4.99. The van der Waals surface area contributed by atoms with E-state index in [9.17, 15) is 14.4 Å². The zero-order valence-electron chi connectivity index (χ0n) is 20.9. The number of amides is 3. The Bertz CT molecular complexity index is 1410. The first-order valence-corrected chi connectivity index (χ1v) is 12.6. The third kappa shape index (κ3) is 5.08. The zero-order chi connectivity index (χ0) is 26.9. The quantitative estimate of drug-likeness (QED) is 0.410. The number of fused-ring (bicyclic) bond motifs is 2. The predicted molar refractivity (Wildman–Crippen MR) is 136 cm³/mol. The molecular formula is C25H27N7O7. The topological polar surface area (TPSA) is 160 Å². The maximum Gasteiger partial charge on any atom is 0.405 e. The summed E-state index contributed by atoms with van der Waals surface area (Å²) in [5.74, 6) is -0.518. The number of rotatable bonds is 6. The number of benzene rings is 1. The number of hydrogen-bond donors (Lipinski definition) is 3. The summed E-state index contributed by atoms with van der Waals surface area (Å²) in [5.41, 5.74) is 3.42. The van der Waals surface area contributed by atoms with Crippen LogP contribution in [0.4, 0.5) is 16.2 Å². The van der Waals surface area contributed by atoms with Crippen LogP contribution in [-0.2, 0) is 20.8 Å². The molecule has 0 bridgehead atoms. The summed E-state index contributed by atoms with van der Waals surface area (Å²) in [4.78, 5) is 45.5. The smallest absolute Gasteiger partial charge is 0.405 e. The van der Waals surface area contributed by atoms with E-state index in [1.165, 1.54) is 10.7 Å². The van der Waals surface area contributed by atoms with Gasteiger partial charge in [0.25, 0.3) is 11.8 Å². The summed E-state index contributed by atoms with van der Waals surface area (Å²) in [6.45, 7) is 3.13. The highest BCUT2D eigenvalue weighted by atomic mass is 16.7. The number of morpholine rings is 1. The lowest BCUT2D eigenvalue weighted by Crippen LogP contribution is -2.49. The first-order chi connectivity index (χ1) is 19.0. The van der Waals surface area contributed by atoms with Crippen molar-refractivity contribution in [3.63, 3.8) is 0 Å². The van der Waals surface area contributed by atoms with E-state index in [-0.39, 0.29) is 31.6 Å². The number of hydrogen-bond acceptors (Lipinski definition) is 9. The highest BCUT2D eigenvalue weighted by Crippen LogP contribution is 2.35. The van der Waals surface area contributed by atoms with E-state index in [1.807, 2.05) is 12.1 Å². The molecule has 14 nitrogen and oxygen atoms in total. The summed E-state index contributed by atoms with van der Waals surface area (Å²) < 4.78 is 18.3. The molecule has 3 aliphatic rings. The summed E-state index contributed by atoms with van der Waals surface area (Å²) >= 11 is 0. The minimum atomic E-state index is -1.15. The van der Waals surface area contributed by atoms with Gasteiger partial charge in [0.2, 0.25) is 0 Å². The van der Waals surface area contributed by atoms with Crippen molar-refractivity contribution in [3.8, 4) is 0 Å². The lowest BCUT2D eigenvalue weighted by Gasteiger charge is -2.31. The van der Waals surface area contributed by atoms with Gasteiger partial charge in [-0.15, -0.1) is 0 Å². The van der Waals surface area contributed by atoms with Crippen LogP contribution in [0.1, 0.15) is 26.3 Å². The van der Waals surface area contributed by atoms with Crippen molar-refractivity contribution in [1.29, 1.82) is 0 Å². The molecule has 0 saturated carbocycles. The number of carboxylic acid groups (broad SMARTS) is 1. The molecule has 0 unspecified atom stereocenters. The van der Waals surface area contributed by atoms with E-state index in [0.29, 0.717) is 55.3 Å². The van der Waals surface area contributed by atoms with E-state index in [0.717, 1.165) is 11.3 Å². The molecule has 2 aromatic heterocycles. The van der Waals surface area contributed by atoms with Gasteiger partial charge in [-0.05, 0) is 23.8 Å². The van der Waals surface area contributed by atoms with Crippen LogP contribution in [0, 0.1) is 0 Å². The highest BCUT2D eigenvalue weighted by molar-refractivity contribution is 6.10. The molecule has 204 valence electrons. The molecule has 0 atom stereocenters. The molecule has 3 amide bonds. The Morgan fingerprint density at radius 3 is 2.72 bits per heavy atom. The molecule has 3 N–H and O–H groups in total. The fraction of sp³-hybridized carbons (Fsp3) is 0.400. The van der Waals surface area contributed by atoms with Crippen LogP contribution in [0.15, 0.2) is 36.8 Å². The molecule has 39 heavy (non-hydrogen) atoms. The molecule has 14 heteroatoms. The van der Waals surface area contributed by atoms with E-state index >= 15 is 0 Å². The second-order valence-corrected chi connectivity index (χ2v) is 9.45. The van der Waals surface area contributed by atoms with Crippen molar-refractivity contribution in [2.24, 2.45) is 0 Å². The number of aromatic nitrogens is 3. The predicted octanol–water partition coefficient (Wildman–Crippen LogP) is 0.783. The lowest BCUT2D eigenvalue weighted by atomic mass is 10.1. The molecule has 0 aliphatic carbocycles. The van der Waals surface area contributed by atoms with E-state index < -0.39 is 18.4 Å². The van der Waals surface area contributed by atoms with E-state index in [4.69, 9.17) is 19.3 Å². The Labute approximate surface area is 222 Å². The zero-order valence-corrected chi connectivity index (χ0v) is 20.9. The van der Waals surface area contributed by atoms with Gasteiger partial charge in [0.1, 0.15) is 5.56 Å². The first kappa shape index (κ1) is 25.0. The van der Waals surface area contributed by atoms with Crippen LogP contribution < -0.4 is 15.5 Å². The normalized spacial score (nSPS) is 21.2. The van der Waals surface area contributed by atoms with Crippen molar-refractivity contribution in [3.05, 3.63) is 53.5 Å². The molecular weight excluding hydrogens is 510 g/mol. The van der Waals surface area contributed by atoms with Crippen LogP contribution >= 0.6 is 0 Å². The molecule has 0 radical (unpaired) electrons. The second-order valence-electron chi connectivity index (χ2n) is 9.45. The Morgan fingerprint density at radius 2 is 1.95 bits per heavy atom. The van der Waals surface area contributed by atoms with Crippen molar-refractivity contribution >= 4 is 34.9 Å². The van der Waals surface area contributed by atoms with Crippen molar-refractivity contribution in [1.82, 2.24) is 24.8 Å². The van der Waals surface area contributed by atoms with E-state index in [1.54, 1.807) is 23.4 Å². The van der Waals surface area contributed by atoms with Crippen LogP contribution in [0.3, 0.4) is 0 Å². The van der Waals surface area contributed by atoms with Gasteiger partial charge in [0, 0.05) is 37.6 Å². The average molecular weight is 538 g/mol. The maximum absolute atomic E-state index is 13.4. The molecule has 2 fully saturated rings.